The molecule has 0 heterocycles. The fraction of sp³-hybridized carbons (Fsp3) is 0.409. The van der Waals surface area contributed by atoms with Crippen molar-refractivity contribution in [3.05, 3.63) is 58.4 Å². The largest absolute Gasteiger partial charge is 0.322 e. The first-order valence-corrected chi connectivity index (χ1v) is 12.0. The molecule has 2 bridgehead atoms. The Morgan fingerprint density at radius 1 is 1.03 bits per heavy atom. The van der Waals surface area contributed by atoms with Crippen LogP contribution in [-0.4, -0.2) is 19.6 Å². The summed E-state index contributed by atoms with van der Waals surface area (Å²) in [6.07, 6.45) is 3.41. The summed E-state index contributed by atoms with van der Waals surface area (Å²) >= 11 is 6.22. The average Bonchev–Trinajstić information content (AvgIpc) is 2.99. The predicted molar refractivity (Wildman–Crippen MR) is 111 cm³/mol. The minimum atomic E-state index is -3.78. The van der Waals surface area contributed by atoms with Crippen LogP contribution in [0.2, 0.25) is 5.02 Å². The minimum absolute atomic E-state index is 0.0217. The first-order chi connectivity index (χ1) is 14.6. The third-order valence-corrected chi connectivity index (χ3v) is 9.23. The van der Waals surface area contributed by atoms with Gasteiger partial charge in [0.2, 0.25) is 0 Å². The van der Waals surface area contributed by atoms with Gasteiger partial charge in [-0.25, -0.2) is 21.6 Å². The topological polar surface area (TPSA) is 63.2 Å². The lowest BCUT2D eigenvalue weighted by Gasteiger charge is -2.33. The van der Waals surface area contributed by atoms with Crippen LogP contribution in [-0.2, 0) is 9.84 Å². The van der Waals surface area contributed by atoms with Crippen LogP contribution in [0.1, 0.15) is 43.0 Å². The summed E-state index contributed by atoms with van der Waals surface area (Å²) in [7, 11) is -3.78. The van der Waals surface area contributed by atoms with Gasteiger partial charge < -0.3 is 5.32 Å². The number of hydrogen-bond acceptors (Lipinski definition) is 3. The third-order valence-electron chi connectivity index (χ3n) is 6.35. The summed E-state index contributed by atoms with van der Waals surface area (Å²) < 4.78 is 66.9. The second kappa shape index (κ2) is 8.13. The predicted octanol–water partition coefficient (Wildman–Crippen LogP) is 5.61. The van der Waals surface area contributed by atoms with E-state index in [1.165, 1.54) is 18.2 Å². The average molecular weight is 472 g/mol. The molecule has 2 saturated carbocycles. The van der Waals surface area contributed by atoms with Gasteiger partial charge in [-0.05, 0) is 61.6 Å². The molecule has 166 valence electrons. The monoisotopic (exact) mass is 471 g/mol. The van der Waals surface area contributed by atoms with E-state index in [2.05, 4.69) is 12.2 Å². The number of sulfone groups is 1. The molecule has 4 nitrogen and oxygen atoms in total. The molecule has 1 amide bonds. The normalized spacial score (nSPS) is 25.5. The molecule has 0 saturated heterocycles. The summed E-state index contributed by atoms with van der Waals surface area (Å²) in [5.41, 5.74) is -0.329. The van der Waals surface area contributed by atoms with Crippen molar-refractivity contribution in [3.63, 3.8) is 0 Å². The van der Waals surface area contributed by atoms with Gasteiger partial charge >= 0.3 is 0 Å². The van der Waals surface area contributed by atoms with Crippen molar-refractivity contribution in [3.8, 4) is 0 Å². The molecule has 31 heavy (non-hydrogen) atoms. The maximum absolute atomic E-state index is 13.5. The van der Waals surface area contributed by atoms with Crippen LogP contribution < -0.4 is 5.32 Å². The van der Waals surface area contributed by atoms with E-state index < -0.39 is 38.4 Å². The molecule has 2 aromatic carbocycles. The maximum Gasteiger partial charge on any atom is 0.255 e. The zero-order valence-electron chi connectivity index (χ0n) is 16.7. The first-order valence-electron chi connectivity index (χ1n) is 10.1. The molecule has 2 fully saturated rings. The van der Waals surface area contributed by atoms with Crippen LogP contribution in [0.15, 0.2) is 35.2 Å². The maximum atomic E-state index is 13.5. The highest BCUT2D eigenvalue weighted by molar-refractivity contribution is 7.92. The van der Waals surface area contributed by atoms with Crippen molar-refractivity contribution in [2.75, 3.05) is 5.32 Å². The molecule has 1 N–H and O–H groups in total. The van der Waals surface area contributed by atoms with E-state index >= 15 is 0 Å². The van der Waals surface area contributed by atoms with Gasteiger partial charge in [0.25, 0.3) is 5.91 Å². The number of amides is 1. The molecule has 4 atom stereocenters. The molecule has 4 rings (SSSR count). The van der Waals surface area contributed by atoms with E-state index in [9.17, 15) is 26.4 Å². The number of anilines is 1. The van der Waals surface area contributed by atoms with Gasteiger partial charge in [-0.1, -0.05) is 18.5 Å². The Balaban J connectivity index is 1.64. The van der Waals surface area contributed by atoms with E-state index in [4.69, 9.17) is 11.6 Å². The van der Waals surface area contributed by atoms with Crippen LogP contribution in [0.5, 0.6) is 0 Å². The zero-order valence-corrected chi connectivity index (χ0v) is 18.2. The molecular formula is C22H21ClF3NO3S. The molecule has 0 radical (unpaired) electrons. The first kappa shape index (κ1) is 22.1. The molecular weight excluding hydrogens is 451 g/mol. The summed E-state index contributed by atoms with van der Waals surface area (Å²) in [4.78, 5) is 12.5. The van der Waals surface area contributed by atoms with E-state index in [-0.39, 0.29) is 33.0 Å². The van der Waals surface area contributed by atoms with Gasteiger partial charge in [0.1, 0.15) is 0 Å². The SMILES string of the molecule is CC1CC2CC[C@H](C1)C2S(=O)(=O)c1cc(C(=O)Nc2cc(F)c(F)c(F)c2)ccc1Cl. The van der Waals surface area contributed by atoms with Gasteiger partial charge in [0, 0.05) is 23.4 Å². The number of carbonyl (C=O) groups is 1. The Bertz CT molecular complexity index is 1120. The minimum Gasteiger partial charge on any atom is -0.322 e. The van der Waals surface area contributed by atoms with E-state index in [1.807, 2.05) is 0 Å². The summed E-state index contributed by atoms with van der Waals surface area (Å²) in [5.74, 6) is -4.72. The lowest BCUT2D eigenvalue weighted by Crippen LogP contribution is -2.37. The van der Waals surface area contributed by atoms with Crippen LogP contribution in [0.3, 0.4) is 0 Å². The molecule has 3 unspecified atom stereocenters. The highest BCUT2D eigenvalue weighted by atomic mass is 35.5. The molecule has 2 aliphatic carbocycles. The van der Waals surface area contributed by atoms with Gasteiger partial charge in [0.05, 0.1) is 15.2 Å². The molecule has 0 aromatic heterocycles. The summed E-state index contributed by atoms with van der Waals surface area (Å²) in [5, 5.41) is 1.75. The number of fused-ring (bicyclic) bond motifs is 2. The molecule has 2 aliphatic rings. The number of nitrogens with one attached hydrogen (secondary N) is 1. The van der Waals surface area contributed by atoms with E-state index in [0.29, 0.717) is 18.1 Å². The quantitative estimate of drug-likeness (QED) is 0.590. The van der Waals surface area contributed by atoms with Gasteiger partial charge in [0.15, 0.2) is 27.3 Å². The van der Waals surface area contributed by atoms with Crippen LogP contribution >= 0.6 is 11.6 Å². The smallest absolute Gasteiger partial charge is 0.255 e. The Labute approximate surface area is 183 Å². The Morgan fingerprint density at radius 3 is 2.19 bits per heavy atom. The molecule has 0 aliphatic heterocycles. The van der Waals surface area contributed by atoms with Crippen LogP contribution in [0.25, 0.3) is 0 Å². The Morgan fingerprint density at radius 2 is 1.61 bits per heavy atom. The van der Waals surface area contributed by atoms with E-state index in [0.717, 1.165) is 25.7 Å². The molecule has 0 spiro atoms. The number of carbonyl (C=O) groups excluding carboxylic acids is 1. The number of rotatable bonds is 4. The van der Waals surface area contributed by atoms with Crippen molar-refractivity contribution in [1.29, 1.82) is 0 Å². The Hall–Kier alpha value is -2.06. The second-order valence-corrected chi connectivity index (χ2v) is 11.0. The number of hydrogen-bond donors (Lipinski definition) is 1. The van der Waals surface area contributed by atoms with Gasteiger partial charge in [-0.3, -0.25) is 4.79 Å². The van der Waals surface area contributed by atoms with Gasteiger partial charge in [-0.2, -0.15) is 0 Å². The number of benzene rings is 2. The third kappa shape index (κ3) is 4.07. The van der Waals surface area contributed by atoms with Crippen molar-refractivity contribution in [2.24, 2.45) is 17.8 Å². The lowest BCUT2D eigenvalue weighted by atomic mass is 9.82. The standard InChI is InChI=1S/C22H21ClF3NO3S/c1-11-6-12-2-3-13(7-11)21(12)31(29,30)19-8-14(4-5-16(19)23)22(28)27-15-9-17(24)20(26)18(25)10-15/h4-5,8-13,21H,2-3,6-7H2,1H3,(H,27,28)/t11?,12-,13?,21?/m1/s1. The molecule has 2 aromatic rings. The van der Waals surface area contributed by atoms with Gasteiger partial charge in [-0.15, -0.1) is 0 Å². The molecule has 9 heteroatoms. The van der Waals surface area contributed by atoms with Crippen molar-refractivity contribution in [2.45, 2.75) is 42.8 Å². The van der Waals surface area contributed by atoms with Crippen molar-refractivity contribution < 1.29 is 26.4 Å². The summed E-state index contributed by atoms with van der Waals surface area (Å²) in [6, 6.07) is 5.13. The zero-order chi connectivity index (χ0) is 22.5. The highest BCUT2D eigenvalue weighted by Gasteiger charge is 2.49. The summed E-state index contributed by atoms with van der Waals surface area (Å²) in [6.45, 7) is 2.13. The van der Waals surface area contributed by atoms with Crippen LogP contribution in [0.4, 0.5) is 18.9 Å². The number of halogens is 4. The fourth-order valence-electron chi connectivity index (χ4n) is 5.12. The Kier molecular flexibility index (Phi) is 5.81. The van der Waals surface area contributed by atoms with Crippen LogP contribution in [0, 0.1) is 35.2 Å². The van der Waals surface area contributed by atoms with Crippen molar-refractivity contribution in [1.82, 2.24) is 0 Å². The fourth-order valence-corrected chi connectivity index (χ4v) is 7.99. The lowest BCUT2D eigenvalue weighted by molar-refractivity contribution is 0.102. The van der Waals surface area contributed by atoms with E-state index in [1.54, 1.807) is 0 Å². The van der Waals surface area contributed by atoms with Crippen molar-refractivity contribution >= 4 is 33.0 Å². The highest BCUT2D eigenvalue weighted by Crippen LogP contribution is 2.50. The second-order valence-electron chi connectivity index (χ2n) is 8.54.